The first-order chi connectivity index (χ1) is 6.72. The van der Waals surface area contributed by atoms with Crippen LogP contribution < -0.4 is 10.2 Å². The van der Waals surface area contributed by atoms with E-state index in [2.05, 4.69) is 0 Å². The zero-order valence-corrected chi connectivity index (χ0v) is 8.51. The van der Waals surface area contributed by atoms with Gasteiger partial charge in [0.25, 0.3) is 0 Å². The highest BCUT2D eigenvalue weighted by molar-refractivity contribution is 6.40. The average molecular weight is 202 g/mol. The summed E-state index contributed by atoms with van der Waals surface area (Å²) in [5.41, 5.74) is 0.705. The van der Waals surface area contributed by atoms with E-state index in [-0.39, 0.29) is 0 Å². The molecule has 2 rings (SSSR count). The fraction of sp³-hybridized carbons (Fsp3) is 0.0909. The molecule has 2 aromatic carbocycles. The number of hydrogen-bond donors (Lipinski definition) is 0. The molecule has 0 spiro atoms. The number of methoxy groups -OCH3 is 1. The largest absolute Gasteiger partial charge is 0.496 e. The summed E-state index contributed by atoms with van der Waals surface area (Å²) in [5.74, 6) is 0.714. The van der Waals surface area contributed by atoms with Crippen molar-refractivity contribution in [2.75, 3.05) is 7.11 Å². The number of rotatable bonds is 1. The predicted octanol–water partition coefficient (Wildman–Crippen LogP) is 2.30. The van der Waals surface area contributed by atoms with Crippen LogP contribution in [-0.4, -0.2) is 15.0 Å². The van der Waals surface area contributed by atoms with Crippen molar-refractivity contribution in [2.45, 2.75) is 0 Å². The normalized spacial score (nSPS) is 10.4. The van der Waals surface area contributed by atoms with Gasteiger partial charge in [0.15, 0.2) is 0 Å². The molecule has 0 unspecified atom stereocenters. The molecule has 1 nitrogen and oxygen atoms in total. The van der Waals surface area contributed by atoms with Crippen molar-refractivity contribution in [1.29, 1.82) is 0 Å². The topological polar surface area (TPSA) is 9.23 Å². The van der Waals surface area contributed by atoms with Crippen molar-refractivity contribution in [1.82, 2.24) is 0 Å². The van der Waals surface area contributed by atoms with E-state index < -0.39 is 0 Å². The van der Waals surface area contributed by atoms with Crippen LogP contribution in [0.3, 0.4) is 0 Å². The summed E-state index contributed by atoms with van der Waals surface area (Å²) in [6, 6.07) is 9.34. The van der Waals surface area contributed by atoms with Crippen molar-refractivity contribution in [3.8, 4) is 5.75 Å². The number of hydrogen-bond acceptors (Lipinski definition) is 1. The van der Waals surface area contributed by atoms with Gasteiger partial charge in [0.05, 0.1) is 7.11 Å². The number of ether oxygens (including phenoxy) is 1. The molecule has 2 radical (unpaired) electrons. The van der Waals surface area contributed by atoms with E-state index in [1.165, 1.54) is 0 Å². The molecule has 0 bridgehead atoms. The Labute approximate surface area is 89.0 Å². The third kappa shape index (κ3) is 1.46. The van der Waals surface area contributed by atoms with Gasteiger partial charge in [-0.25, -0.2) is 0 Å². The highest BCUT2D eigenvalue weighted by Gasteiger charge is 2.04. The van der Waals surface area contributed by atoms with Gasteiger partial charge in [0.1, 0.15) is 13.6 Å². The summed E-state index contributed by atoms with van der Waals surface area (Å²) in [6.07, 6.45) is 0. The molecule has 2 aromatic rings. The molecule has 0 aliphatic carbocycles. The second-order valence-corrected chi connectivity index (χ2v) is 3.49. The zero-order chi connectivity index (χ0) is 10.1. The lowest BCUT2D eigenvalue weighted by Crippen LogP contribution is -2.04. The van der Waals surface area contributed by atoms with Crippen LogP contribution in [-0.2, 0) is 0 Å². The molecule has 0 atom stereocenters. The quantitative estimate of drug-likeness (QED) is 0.645. The lowest BCUT2D eigenvalue weighted by molar-refractivity contribution is 0.420. The van der Waals surface area contributed by atoms with Crippen LogP contribution in [0.2, 0.25) is 5.02 Å². The smallest absolute Gasteiger partial charge is 0.127 e. The molecule has 0 aliphatic rings. The van der Waals surface area contributed by atoms with Gasteiger partial charge in [-0.3, -0.25) is 0 Å². The molecule has 0 saturated heterocycles. The van der Waals surface area contributed by atoms with Crippen LogP contribution in [0.1, 0.15) is 0 Å². The van der Waals surface area contributed by atoms with Crippen molar-refractivity contribution >= 4 is 35.7 Å². The summed E-state index contributed by atoms with van der Waals surface area (Å²) >= 11 is 5.93. The molecule has 0 aliphatic heterocycles. The van der Waals surface area contributed by atoms with E-state index in [9.17, 15) is 0 Å². The first-order valence-corrected chi connectivity index (χ1v) is 4.62. The first-order valence-electron chi connectivity index (χ1n) is 4.24. The molecule has 0 amide bonds. The predicted molar refractivity (Wildman–Crippen MR) is 60.9 cm³/mol. The second kappa shape index (κ2) is 3.54. The molecule has 0 saturated carbocycles. The molecule has 0 aromatic heterocycles. The minimum Gasteiger partial charge on any atom is -0.496 e. The number of benzene rings is 2. The van der Waals surface area contributed by atoms with E-state index in [4.69, 9.17) is 24.2 Å². The monoisotopic (exact) mass is 202 g/mol. The Hall–Kier alpha value is -1.15. The molecule has 0 heterocycles. The van der Waals surface area contributed by atoms with Gasteiger partial charge in [-0.15, -0.1) is 0 Å². The fourth-order valence-corrected chi connectivity index (χ4v) is 1.76. The van der Waals surface area contributed by atoms with Gasteiger partial charge in [0, 0.05) is 10.4 Å². The molecule has 0 N–H and O–H groups in total. The van der Waals surface area contributed by atoms with Crippen LogP contribution in [0.15, 0.2) is 30.3 Å². The van der Waals surface area contributed by atoms with E-state index >= 15 is 0 Å². The molecule has 3 heteroatoms. The van der Waals surface area contributed by atoms with Crippen LogP contribution in [0.5, 0.6) is 5.75 Å². The fourth-order valence-electron chi connectivity index (χ4n) is 1.54. The Morgan fingerprint density at radius 2 is 2.07 bits per heavy atom. The molecule has 0 fully saturated rings. The van der Waals surface area contributed by atoms with Gasteiger partial charge >= 0.3 is 0 Å². The maximum absolute atomic E-state index is 5.93. The summed E-state index contributed by atoms with van der Waals surface area (Å²) in [4.78, 5) is 0. The minimum atomic E-state index is 0.653. The standard InChI is InChI=1S/C11H8BClO/c1-14-10-6-8(13)5-7-3-2-4-9(12)11(7)10/h2-6H,1H3. The minimum absolute atomic E-state index is 0.653. The lowest BCUT2D eigenvalue weighted by Gasteiger charge is -2.08. The second-order valence-electron chi connectivity index (χ2n) is 3.05. The third-order valence-electron chi connectivity index (χ3n) is 2.16. The first kappa shape index (κ1) is 9.41. The highest BCUT2D eigenvalue weighted by Crippen LogP contribution is 2.27. The van der Waals surface area contributed by atoms with Gasteiger partial charge in [0.2, 0.25) is 0 Å². The van der Waals surface area contributed by atoms with Crippen molar-refractivity contribution in [2.24, 2.45) is 0 Å². The van der Waals surface area contributed by atoms with Crippen molar-refractivity contribution in [3.05, 3.63) is 35.4 Å². The molecular weight excluding hydrogens is 194 g/mol. The SMILES string of the molecule is [B]c1cccc2cc(Cl)cc(OC)c12. The maximum atomic E-state index is 5.93. The van der Waals surface area contributed by atoms with Gasteiger partial charge in [-0.1, -0.05) is 35.3 Å². The summed E-state index contributed by atoms with van der Waals surface area (Å²) in [5, 5.41) is 2.56. The molecular formula is C11H8BClO. The van der Waals surface area contributed by atoms with Crippen LogP contribution >= 0.6 is 11.6 Å². The van der Waals surface area contributed by atoms with E-state index in [0.717, 1.165) is 10.8 Å². The maximum Gasteiger partial charge on any atom is 0.127 e. The van der Waals surface area contributed by atoms with Crippen LogP contribution in [0, 0.1) is 0 Å². The third-order valence-corrected chi connectivity index (χ3v) is 2.38. The zero-order valence-electron chi connectivity index (χ0n) is 7.75. The average Bonchev–Trinajstić information content (AvgIpc) is 2.16. The highest BCUT2D eigenvalue weighted by atomic mass is 35.5. The Morgan fingerprint density at radius 1 is 1.29 bits per heavy atom. The van der Waals surface area contributed by atoms with Gasteiger partial charge in [-0.05, 0) is 17.5 Å². The van der Waals surface area contributed by atoms with Crippen molar-refractivity contribution in [3.63, 3.8) is 0 Å². The summed E-state index contributed by atoms with van der Waals surface area (Å²) in [6.45, 7) is 0. The Balaban J connectivity index is 2.88. The Kier molecular flexibility index (Phi) is 2.38. The van der Waals surface area contributed by atoms with E-state index in [0.29, 0.717) is 16.2 Å². The molecule has 68 valence electrons. The molecule has 14 heavy (non-hydrogen) atoms. The summed E-state index contributed by atoms with van der Waals surface area (Å²) < 4.78 is 5.22. The van der Waals surface area contributed by atoms with E-state index in [1.807, 2.05) is 24.3 Å². The lowest BCUT2D eigenvalue weighted by atomic mass is 9.90. The van der Waals surface area contributed by atoms with Gasteiger partial charge < -0.3 is 4.74 Å². The summed E-state index contributed by atoms with van der Waals surface area (Å²) in [7, 11) is 7.47. The van der Waals surface area contributed by atoms with E-state index in [1.54, 1.807) is 13.2 Å². The number of halogens is 1. The Bertz CT molecular complexity index is 482. The van der Waals surface area contributed by atoms with Crippen LogP contribution in [0.25, 0.3) is 10.8 Å². The Morgan fingerprint density at radius 3 is 2.79 bits per heavy atom. The van der Waals surface area contributed by atoms with Crippen molar-refractivity contribution < 1.29 is 4.74 Å². The van der Waals surface area contributed by atoms with Crippen LogP contribution in [0.4, 0.5) is 0 Å². The number of fused-ring (bicyclic) bond motifs is 1. The van der Waals surface area contributed by atoms with Gasteiger partial charge in [-0.2, -0.15) is 0 Å².